The Labute approximate surface area is 195 Å². The van der Waals surface area contributed by atoms with Gasteiger partial charge in [0.25, 0.3) is 0 Å². The summed E-state index contributed by atoms with van der Waals surface area (Å²) in [6, 6.07) is 15.5. The van der Waals surface area contributed by atoms with E-state index in [-0.39, 0.29) is 18.1 Å². The molecule has 1 aliphatic rings. The minimum absolute atomic E-state index is 0.233. The first kappa shape index (κ1) is 23.9. The standard InChI is InChI=1S/C25H31ClN2O4/c1-25(2,3)32-24(30)27-14-12-22(13-15-27)28(17-18-6-5-7-20(26)16-18)21-10-8-19(9-11-21)23(29)31-4/h5-11,16,22H,12-15,17H2,1-4H3. The zero-order valence-electron chi connectivity index (χ0n) is 19.1. The largest absolute Gasteiger partial charge is 0.465 e. The maximum atomic E-state index is 12.5. The molecule has 0 saturated carbocycles. The van der Waals surface area contributed by atoms with Crippen LogP contribution in [0.4, 0.5) is 10.5 Å². The van der Waals surface area contributed by atoms with Crippen molar-refractivity contribution in [2.75, 3.05) is 25.1 Å². The summed E-state index contributed by atoms with van der Waals surface area (Å²) in [5, 5.41) is 0.697. The third-order valence-electron chi connectivity index (χ3n) is 5.42. The SMILES string of the molecule is COC(=O)c1ccc(N(Cc2cccc(Cl)c2)C2CCN(C(=O)OC(C)(C)C)CC2)cc1. The van der Waals surface area contributed by atoms with E-state index < -0.39 is 5.60 Å². The number of amides is 1. The summed E-state index contributed by atoms with van der Waals surface area (Å²) in [5.41, 5.74) is 2.12. The number of halogens is 1. The Kier molecular flexibility index (Phi) is 7.67. The van der Waals surface area contributed by atoms with Crippen molar-refractivity contribution < 1.29 is 19.1 Å². The molecule has 6 nitrogen and oxygen atoms in total. The number of carbonyl (C=O) groups is 2. The summed E-state index contributed by atoms with van der Waals surface area (Å²) in [6.45, 7) is 7.57. The maximum absolute atomic E-state index is 12.5. The number of esters is 1. The van der Waals surface area contributed by atoms with Crippen molar-refractivity contribution >= 4 is 29.4 Å². The van der Waals surface area contributed by atoms with E-state index in [1.165, 1.54) is 7.11 Å². The first-order chi connectivity index (χ1) is 15.2. The molecule has 3 rings (SSSR count). The average Bonchev–Trinajstić information content (AvgIpc) is 2.76. The minimum atomic E-state index is -0.506. The van der Waals surface area contributed by atoms with Crippen molar-refractivity contribution in [3.05, 3.63) is 64.7 Å². The quantitative estimate of drug-likeness (QED) is 0.551. The van der Waals surface area contributed by atoms with Crippen LogP contribution < -0.4 is 4.90 Å². The van der Waals surface area contributed by atoms with E-state index in [9.17, 15) is 9.59 Å². The number of nitrogens with zero attached hydrogens (tertiary/aromatic N) is 2. The van der Waals surface area contributed by atoms with Crippen LogP contribution in [0.1, 0.15) is 49.5 Å². The smallest absolute Gasteiger partial charge is 0.410 e. The van der Waals surface area contributed by atoms with Crippen molar-refractivity contribution in [2.45, 2.75) is 51.8 Å². The van der Waals surface area contributed by atoms with Gasteiger partial charge >= 0.3 is 12.1 Å². The molecule has 0 N–H and O–H groups in total. The second-order valence-corrected chi connectivity index (χ2v) is 9.43. The average molecular weight is 459 g/mol. The molecular formula is C25H31ClN2O4. The summed E-state index contributed by atoms with van der Waals surface area (Å²) in [6.07, 6.45) is 1.37. The summed E-state index contributed by atoms with van der Waals surface area (Å²) in [4.78, 5) is 28.4. The first-order valence-electron chi connectivity index (χ1n) is 10.8. The van der Waals surface area contributed by atoms with Crippen LogP contribution in [-0.2, 0) is 16.0 Å². The zero-order chi connectivity index (χ0) is 23.3. The van der Waals surface area contributed by atoms with Crippen LogP contribution in [0.2, 0.25) is 5.02 Å². The molecule has 1 fully saturated rings. The second-order valence-electron chi connectivity index (χ2n) is 8.99. The van der Waals surface area contributed by atoms with Gasteiger partial charge in [0.1, 0.15) is 5.60 Å². The van der Waals surface area contributed by atoms with Crippen LogP contribution in [0.5, 0.6) is 0 Å². The van der Waals surface area contributed by atoms with E-state index in [1.54, 1.807) is 17.0 Å². The van der Waals surface area contributed by atoms with Crippen molar-refractivity contribution in [1.82, 2.24) is 4.90 Å². The molecule has 0 atom stereocenters. The highest BCUT2D eigenvalue weighted by molar-refractivity contribution is 6.30. The molecule has 1 heterocycles. The molecule has 1 amide bonds. The second kappa shape index (κ2) is 10.3. The van der Waals surface area contributed by atoms with Crippen molar-refractivity contribution in [3.8, 4) is 0 Å². The Bertz CT molecular complexity index is 932. The van der Waals surface area contributed by atoms with E-state index in [0.717, 1.165) is 24.1 Å². The van der Waals surface area contributed by atoms with Crippen LogP contribution in [0.25, 0.3) is 0 Å². The topological polar surface area (TPSA) is 59.1 Å². The van der Waals surface area contributed by atoms with Crippen molar-refractivity contribution in [2.24, 2.45) is 0 Å². The summed E-state index contributed by atoms with van der Waals surface area (Å²) in [7, 11) is 1.38. The number of anilines is 1. The normalized spacial score (nSPS) is 14.7. The van der Waals surface area contributed by atoms with Crippen LogP contribution in [0.3, 0.4) is 0 Å². The Morgan fingerprint density at radius 1 is 1.09 bits per heavy atom. The van der Waals surface area contributed by atoms with Gasteiger partial charge in [-0.3, -0.25) is 0 Å². The van der Waals surface area contributed by atoms with Gasteiger partial charge < -0.3 is 19.3 Å². The molecule has 172 valence electrons. The Balaban J connectivity index is 1.77. The Morgan fingerprint density at radius 3 is 2.31 bits per heavy atom. The highest BCUT2D eigenvalue weighted by atomic mass is 35.5. The molecule has 0 aromatic heterocycles. The fourth-order valence-electron chi connectivity index (χ4n) is 3.86. The summed E-state index contributed by atoms with van der Waals surface area (Å²) in [5.74, 6) is -0.358. The van der Waals surface area contributed by atoms with Gasteiger partial charge in [-0.1, -0.05) is 23.7 Å². The molecule has 1 aliphatic heterocycles. The third-order valence-corrected chi connectivity index (χ3v) is 5.65. The fraction of sp³-hybridized carbons (Fsp3) is 0.440. The molecule has 0 aliphatic carbocycles. The van der Waals surface area contributed by atoms with Gasteiger partial charge in [-0.05, 0) is 75.6 Å². The number of likely N-dealkylation sites (tertiary alicyclic amines) is 1. The number of rotatable bonds is 5. The molecule has 7 heteroatoms. The highest BCUT2D eigenvalue weighted by Crippen LogP contribution is 2.28. The van der Waals surface area contributed by atoms with E-state index in [1.807, 2.05) is 51.1 Å². The minimum Gasteiger partial charge on any atom is -0.465 e. The lowest BCUT2D eigenvalue weighted by Crippen LogP contribution is -2.48. The number of carbonyl (C=O) groups excluding carboxylic acids is 2. The third kappa shape index (κ3) is 6.39. The highest BCUT2D eigenvalue weighted by Gasteiger charge is 2.30. The molecule has 0 bridgehead atoms. The number of hydrogen-bond donors (Lipinski definition) is 0. The lowest BCUT2D eigenvalue weighted by atomic mass is 10.0. The molecule has 2 aromatic rings. The lowest BCUT2D eigenvalue weighted by Gasteiger charge is -2.40. The van der Waals surface area contributed by atoms with Gasteiger partial charge in [-0.2, -0.15) is 0 Å². The molecule has 32 heavy (non-hydrogen) atoms. The van der Waals surface area contributed by atoms with Gasteiger partial charge in [0.2, 0.25) is 0 Å². The van der Waals surface area contributed by atoms with Gasteiger partial charge in [-0.25, -0.2) is 9.59 Å². The maximum Gasteiger partial charge on any atom is 0.410 e. The molecule has 0 unspecified atom stereocenters. The van der Waals surface area contributed by atoms with Crippen molar-refractivity contribution in [3.63, 3.8) is 0 Å². The van der Waals surface area contributed by atoms with E-state index in [0.29, 0.717) is 30.2 Å². The Morgan fingerprint density at radius 2 is 1.75 bits per heavy atom. The van der Waals surface area contributed by atoms with E-state index in [4.69, 9.17) is 21.1 Å². The van der Waals surface area contributed by atoms with Gasteiger partial charge in [0.05, 0.1) is 12.7 Å². The predicted octanol–water partition coefficient (Wildman–Crippen LogP) is 5.53. The molecular weight excluding hydrogens is 428 g/mol. The van der Waals surface area contributed by atoms with Gasteiger partial charge in [-0.15, -0.1) is 0 Å². The lowest BCUT2D eigenvalue weighted by molar-refractivity contribution is 0.0204. The Hall–Kier alpha value is -2.73. The molecule has 1 saturated heterocycles. The first-order valence-corrected chi connectivity index (χ1v) is 11.2. The predicted molar refractivity (Wildman–Crippen MR) is 126 cm³/mol. The number of benzene rings is 2. The van der Waals surface area contributed by atoms with Crippen LogP contribution in [0, 0.1) is 0 Å². The zero-order valence-corrected chi connectivity index (χ0v) is 19.9. The number of ether oxygens (including phenoxy) is 2. The van der Waals surface area contributed by atoms with Gasteiger partial charge in [0.15, 0.2) is 0 Å². The van der Waals surface area contributed by atoms with Crippen molar-refractivity contribution in [1.29, 1.82) is 0 Å². The fourth-order valence-corrected chi connectivity index (χ4v) is 4.07. The molecule has 0 spiro atoms. The van der Waals surface area contributed by atoms with Crippen LogP contribution in [0.15, 0.2) is 48.5 Å². The van der Waals surface area contributed by atoms with E-state index >= 15 is 0 Å². The van der Waals surface area contributed by atoms with Crippen LogP contribution in [-0.4, -0.2) is 48.8 Å². The monoisotopic (exact) mass is 458 g/mol. The summed E-state index contributed by atoms with van der Waals surface area (Å²) >= 11 is 6.21. The number of methoxy groups -OCH3 is 1. The van der Waals surface area contributed by atoms with E-state index in [2.05, 4.69) is 11.0 Å². The molecule has 0 radical (unpaired) electrons. The number of hydrogen-bond acceptors (Lipinski definition) is 5. The summed E-state index contributed by atoms with van der Waals surface area (Å²) < 4.78 is 10.3. The van der Waals surface area contributed by atoms with Gasteiger partial charge in [0, 0.05) is 36.4 Å². The number of piperidine rings is 1. The van der Waals surface area contributed by atoms with Crippen LogP contribution >= 0.6 is 11.6 Å². The molecule has 2 aromatic carbocycles.